The van der Waals surface area contributed by atoms with Gasteiger partial charge in [0.2, 0.25) is 0 Å². The molecule has 0 aromatic rings. The molecular weight excluding hydrogens is 212 g/mol. The van der Waals surface area contributed by atoms with E-state index in [1.165, 1.54) is 0 Å². The van der Waals surface area contributed by atoms with Crippen molar-refractivity contribution in [3.05, 3.63) is 12.7 Å². The molecule has 0 aliphatic rings. The molecular formula is C15H28O2. The monoisotopic (exact) mass is 240 g/mol. The lowest BCUT2D eigenvalue weighted by molar-refractivity contribution is -0.133. The van der Waals surface area contributed by atoms with Crippen LogP contribution >= 0.6 is 0 Å². The molecule has 1 atom stereocenters. The summed E-state index contributed by atoms with van der Waals surface area (Å²) in [5, 5.41) is 0. The number of hydrogen-bond acceptors (Lipinski definition) is 2. The first-order chi connectivity index (χ1) is 7.55. The largest absolute Gasteiger partial charge is 0.366 e. The molecule has 0 saturated heterocycles. The zero-order valence-corrected chi connectivity index (χ0v) is 12.3. The fraction of sp³-hybridized carbons (Fsp3) is 0.800. The highest BCUT2D eigenvalue weighted by Gasteiger charge is 2.28. The van der Waals surface area contributed by atoms with Crippen molar-refractivity contribution in [1.82, 2.24) is 0 Å². The molecule has 0 saturated carbocycles. The topological polar surface area (TPSA) is 26.3 Å². The minimum Gasteiger partial charge on any atom is -0.366 e. The zero-order valence-electron chi connectivity index (χ0n) is 12.3. The van der Waals surface area contributed by atoms with Gasteiger partial charge in [0.05, 0.1) is 6.61 Å². The molecule has 0 radical (unpaired) electrons. The Labute approximate surface area is 106 Å². The van der Waals surface area contributed by atoms with Crippen LogP contribution in [0.25, 0.3) is 0 Å². The Bertz CT molecular complexity index is 253. The van der Waals surface area contributed by atoms with Gasteiger partial charge < -0.3 is 4.74 Å². The van der Waals surface area contributed by atoms with Crippen LogP contribution in [-0.4, -0.2) is 18.5 Å². The van der Waals surface area contributed by atoms with Gasteiger partial charge in [0.25, 0.3) is 0 Å². The number of carbonyl (C=O) groups is 1. The van der Waals surface area contributed by atoms with Crippen molar-refractivity contribution >= 4 is 5.78 Å². The summed E-state index contributed by atoms with van der Waals surface area (Å²) in [7, 11) is 0. The van der Waals surface area contributed by atoms with Crippen molar-refractivity contribution in [3.63, 3.8) is 0 Å². The summed E-state index contributed by atoms with van der Waals surface area (Å²) in [4.78, 5) is 12.2. The molecule has 17 heavy (non-hydrogen) atoms. The highest BCUT2D eigenvalue weighted by molar-refractivity contribution is 5.83. The first-order valence-corrected chi connectivity index (χ1v) is 6.30. The quantitative estimate of drug-likeness (QED) is 0.656. The number of hydrogen-bond donors (Lipinski definition) is 0. The second-order valence-corrected chi connectivity index (χ2v) is 7.08. The van der Waals surface area contributed by atoms with Crippen LogP contribution in [0.3, 0.4) is 0 Å². The van der Waals surface area contributed by atoms with E-state index in [-0.39, 0.29) is 22.7 Å². The van der Waals surface area contributed by atoms with E-state index >= 15 is 0 Å². The van der Waals surface area contributed by atoms with E-state index in [2.05, 4.69) is 48.1 Å². The summed E-state index contributed by atoms with van der Waals surface area (Å²) in [6, 6.07) is 0. The van der Waals surface area contributed by atoms with Crippen molar-refractivity contribution < 1.29 is 9.53 Å². The Morgan fingerprint density at radius 2 is 1.71 bits per heavy atom. The summed E-state index contributed by atoms with van der Waals surface area (Å²) >= 11 is 0. The van der Waals surface area contributed by atoms with Crippen LogP contribution in [0.4, 0.5) is 0 Å². The van der Waals surface area contributed by atoms with E-state index in [1.54, 1.807) is 6.08 Å². The van der Waals surface area contributed by atoms with Crippen LogP contribution in [0.5, 0.6) is 0 Å². The van der Waals surface area contributed by atoms with Gasteiger partial charge in [-0.05, 0) is 17.3 Å². The summed E-state index contributed by atoms with van der Waals surface area (Å²) in [6.45, 7) is 16.7. The van der Waals surface area contributed by atoms with Crippen molar-refractivity contribution in [2.24, 2.45) is 10.8 Å². The van der Waals surface area contributed by atoms with Crippen LogP contribution in [0.1, 0.15) is 54.4 Å². The Morgan fingerprint density at radius 3 is 2.06 bits per heavy atom. The lowest BCUT2D eigenvalue weighted by atomic mass is 9.83. The van der Waals surface area contributed by atoms with Crippen LogP contribution in [0.2, 0.25) is 0 Å². The third kappa shape index (κ3) is 9.11. The smallest absolute Gasteiger partial charge is 0.162 e. The molecule has 100 valence electrons. The van der Waals surface area contributed by atoms with E-state index in [0.29, 0.717) is 13.0 Å². The Morgan fingerprint density at radius 1 is 1.18 bits per heavy atom. The molecule has 0 spiro atoms. The summed E-state index contributed by atoms with van der Waals surface area (Å²) in [5.41, 5.74) is 0.115. The fourth-order valence-electron chi connectivity index (χ4n) is 1.64. The van der Waals surface area contributed by atoms with E-state index < -0.39 is 0 Å². The molecule has 0 aliphatic carbocycles. The molecule has 0 aromatic carbocycles. The third-order valence-corrected chi connectivity index (χ3v) is 2.28. The van der Waals surface area contributed by atoms with Crippen molar-refractivity contribution in [1.29, 1.82) is 0 Å². The number of Topliss-reactive ketones (excluding diaryl/α,β-unsaturated/α-hetero) is 1. The summed E-state index contributed by atoms with van der Waals surface area (Å²) < 4.78 is 5.61. The molecule has 0 aromatic heterocycles. The van der Waals surface area contributed by atoms with Crippen LogP contribution in [0.15, 0.2) is 12.7 Å². The SMILES string of the molecule is C=CCOC(CC(C)(C)C)C(=O)CC(C)(C)C. The van der Waals surface area contributed by atoms with Gasteiger partial charge >= 0.3 is 0 Å². The van der Waals surface area contributed by atoms with E-state index in [4.69, 9.17) is 4.74 Å². The van der Waals surface area contributed by atoms with Crippen molar-refractivity contribution in [2.75, 3.05) is 6.61 Å². The van der Waals surface area contributed by atoms with E-state index in [9.17, 15) is 4.79 Å². The molecule has 0 bridgehead atoms. The highest BCUT2D eigenvalue weighted by atomic mass is 16.5. The average Bonchev–Trinajstić information content (AvgIpc) is 2.07. The highest BCUT2D eigenvalue weighted by Crippen LogP contribution is 2.27. The lowest BCUT2D eigenvalue weighted by Gasteiger charge is -2.27. The Hall–Kier alpha value is -0.630. The maximum atomic E-state index is 12.2. The Balaban J connectivity index is 4.56. The first-order valence-electron chi connectivity index (χ1n) is 6.30. The van der Waals surface area contributed by atoms with Gasteiger partial charge in [-0.15, -0.1) is 6.58 Å². The van der Waals surface area contributed by atoms with Crippen LogP contribution in [-0.2, 0) is 9.53 Å². The van der Waals surface area contributed by atoms with Gasteiger partial charge in [0.1, 0.15) is 6.10 Å². The van der Waals surface area contributed by atoms with Crippen LogP contribution < -0.4 is 0 Å². The molecule has 2 nitrogen and oxygen atoms in total. The molecule has 1 unspecified atom stereocenters. The maximum Gasteiger partial charge on any atom is 0.162 e. The second-order valence-electron chi connectivity index (χ2n) is 7.08. The van der Waals surface area contributed by atoms with Crippen molar-refractivity contribution in [2.45, 2.75) is 60.5 Å². The number of rotatable bonds is 6. The minimum atomic E-state index is -0.299. The molecule has 0 aliphatic heterocycles. The third-order valence-electron chi connectivity index (χ3n) is 2.28. The summed E-state index contributed by atoms with van der Waals surface area (Å²) in [6.07, 6.45) is 2.72. The predicted octanol–water partition coefficient (Wildman–Crippen LogP) is 4.00. The van der Waals surface area contributed by atoms with Gasteiger partial charge in [-0.25, -0.2) is 0 Å². The number of ether oxygens (including phenoxy) is 1. The van der Waals surface area contributed by atoms with Gasteiger partial charge in [-0.1, -0.05) is 47.6 Å². The molecule has 0 N–H and O–H groups in total. The standard InChI is InChI=1S/C15H28O2/c1-8-9-17-13(11-15(5,6)7)12(16)10-14(2,3)4/h8,13H,1,9-11H2,2-7H3. The van der Waals surface area contributed by atoms with Gasteiger partial charge in [0, 0.05) is 6.42 Å². The number of carbonyl (C=O) groups excluding carboxylic acids is 1. The average molecular weight is 240 g/mol. The van der Waals surface area contributed by atoms with Crippen LogP contribution in [0, 0.1) is 10.8 Å². The normalized spacial score (nSPS) is 14.5. The molecule has 0 heterocycles. The van der Waals surface area contributed by atoms with Gasteiger partial charge in [-0.3, -0.25) is 4.79 Å². The maximum absolute atomic E-state index is 12.2. The fourth-order valence-corrected chi connectivity index (χ4v) is 1.64. The predicted molar refractivity (Wildman–Crippen MR) is 73.1 cm³/mol. The molecule has 0 amide bonds. The van der Waals surface area contributed by atoms with Gasteiger partial charge in [-0.2, -0.15) is 0 Å². The van der Waals surface area contributed by atoms with E-state index in [1.807, 2.05) is 0 Å². The molecule has 2 heteroatoms. The van der Waals surface area contributed by atoms with Crippen molar-refractivity contribution in [3.8, 4) is 0 Å². The lowest BCUT2D eigenvalue weighted by Crippen LogP contribution is -2.32. The van der Waals surface area contributed by atoms with E-state index in [0.717, 1.165) is 6.42 Å². The minimum absolute atomic E-state index is 0.0186. The molecule has 0 rings (SSSR count). The van der Waals surface area contributed by atoms with Gasteiger partial charge in [0.15, 0.2) is 5.78 Å². The number of ketones is 1. The zero-order chi connectivity index (χ0) is 13.7. The molecule has 0 fully saturated rings. The second kappa shape index (κ2) is 6.34. The Kier molecular flexibility index (Phi) is 6.11. The first kappa shape index (κ1) is 16.4. The summed E-state index contributed by atoms with van der Waals surface area (Å²) in [5.74, 6) is 0.203.